The molecule has 8 nitrogen and oxygen atoms in total. The van der Waals surface area contributed by atoms with Crippen molar-refractivity contribution in [2.24, 2.45) is 5.92 Å². The van der Waals surface area contributed by atoms with Crippen LogP contribution < -0.4 is 0 Å². The Bertz CT molecular complexity index is 690. The first-order chi connectivity index (χ1) is 11.8. The van der Waals surface area contributed by atoms with Crippen molar-refractivity contribution in [3.05, 3.63) is 44.8 Å². The van der Waals surface area contributed by atoms with Gasteiger partial charge in [0.1, 0.15) is 5.82 Å². The third-order valence-electron chi connectivity index (χ3n) is 4.36. The largest absolute Gasteiger partial charge is 0.468 e. The van der Waals surface area contributed by atoms with Gasteiger partial charge in [0.2, 0.25) is 6.54 Å². The number of hydrogen-bond acceptors (Lipinski definition) is 7. The van der Waals surface area contributed by atoms with Gasteiger partial charge in [-0.05, 0) is 35.6 Å². The van der Waals surface area contributed by atoms with E-state index in [-0.39, 0.29) is 5.56 Å². The molecular formula is C16H18FNO7. The standard InChI is InChI=1S/C16H18FNO7/c1-24-15(20)14(16(21)25-2)11(7-18(22)23)10-5-8-3-4-13(19)9(8)6-12(10)17/h5-6,11,13-14,19H,3-4,7H2,1-2H3/t11-,13?/m0/s1. The molecule has 1 aliphatic carbocycles. The molecule has 0 saturated carbocycles. The fourth-order valence-electron chi connectivity index (χ4n) is 3.13. The number of ether oxygens (including phenoxy) is 2. The molecule has 0 amide bonds. The molecule has 0 heterocycles. The van der Waals surface area contributed by atoms with E-state index in [0.29, 0.717) is 24.0 Å². The predicted octanol–water partition coefficient (Wildman–Crippen LogP) is 1.13. The number of rotatable bonds is 6. The zero-order valence-corrected chi connectivity index (χ0v) is 13.7. The number of methoxy groups -OCH3 is 2. The zero-order chi connectivity index (χ0) is 18.7. The van der Waals surface area contributed by atoms with E-state index in [9.17, 15) is 29.2 Å². The highest BCUT2D eigenvalue weighted by molar-refractivity contribution is 5.96. The van der Waals surface area contributed by atoms with Crippen LogP contribution in [0.25, 0.3) is 0 Å². The highest BCUT2D eigenvalue weighted by Gasteiger charge is 2.42. The van der Waals surface area contributed by atoms with Crippen LogP contribution in [0.1, 0.15) is 35.1 Å². The van der Waals surface area contributed by atoms with Crippen LogP contribution in [0.2, 0.25) is 0 Å². The molecule has 25 heavy (non-hydrogen) atoms. The number of aryl methyl sites for hydroxylation is 1. The molecule has 1 aromatic rings. The lowest BCUT2D eigenvalue weighted by molar-refractivity contribution is -0.484. The molecule has 2 atom stereocenters. The van der Waals surface area contributed by atoms with Gasteiger partial charge in [0.05, 0.1) is 26.2 Å². The van der Waals surface area contributed by atoms with Crippen LogP contribution >= 0.6 is 0 Å². The smallest absolute Gasteiger partial charge is 0.320 e. The van der Waals surface area contributed by atoms with Gasteiger partial charge in [-0.1, -0.05) is 6.07 Å². The van der Waals surface area contributed by atoms with Crippen LogP contribution in [0.3, 0.4) is 0 Å². The molecule has 0 bridgehead atoms. The zero-order valence-electron chi connectivity index (χ0n) is 13.7. The van der Waals surface area contributed by atoms with Crippen LogP contribution in [0, 0.1) is 21.8 Å². The number of aliphatic hydroxyl groups excluding tert-OH is 1. The number of nitro groups is 1. The van der Waals surface area contributed by atoms with Gasteiger partial charge in [-0.15, -0.1) is 0 Å². The monoisotopic (exact) mass is 355 g/mol. The van der Waals surface area contributed by atoms with Gasteiger partial charge >= 0.3 is 11.9 Å². The number of hydrogen-bond donors (Lipinski definition) is 1. The normalized spacial score (nSPS) is 17.1. The number of carbonyl (C=O) groups is 2. The lowest BCUT2D eigenvalue weighted by Gasteiger charge is -2.22. The van der Waals surface area contributed by atoms with E-state index < -0.39 is 47.2 Å². The van der Waals surface area contributed by atoms with E-state index in [2.05, 4.69) is 9.47 Å². The summed E-state index contributed by atoms with van der Waals surface area (Å²) in [4.78, 5) is 34.3. The van der Waals surface area contributed by atoms with Crippen molar-refractivity contribution in [1.29, 1.82) is 0 Å². The summed E-state index contributed by atoms with van der Waals surface area (Å²) in [5, 5.41) is 20.9. The van der Waals surface area contributed by atoms with Crippen molar-refractivity contribution >= 4 is 11.9 Å². The SMILES string of the molecule is COC(=O)C(C(=O)OC)[C@@H](C[N+](=O)[O-])c1cc2c(cc1F)C(O)CC2. The lowest BCUT2D eigenvalue weighted by atomic mass is 9.84. The average molecular weight is 355 g/mol. The van der Waals surface area contributed by atoms with E-state index >= 15 is 0 Å². The van der Waals surface area contributed by atoms with Crippen molar-refractivity contribution in [1.82, 2.24) is 0 Å². The number of fused-ring (bicyclic) bond motifs is 1. The van der Waals surface area contributed by atoms with Crippen LogP contribution in [0.5, 0.6) is 0 Å². The van der Waals surface area contributed by atoms with E-state index in [1.807, 2.05) is 0 Å². The summed E-state index contributed by atoms with van der Waals surface area (Å²) in [6.45, 7) is -0.854. The maximum Gasteiger partial charge on any atom is 0.320 e. The Morgan fingerprint density at radius 2 is 1.96 bits per heavy atom. The topological polar surface area (TPSA) is 116 Å². The van der Waals surface area contributed by atoms with E-state index in [4.69, 9.17) is 0 Å². The summed E-state index contributed by atoms with van der Waals surface area (Å²) in [6.07, 6.45) is 0.0792. The van der Waals surface area contributed by atoms with Gasteiger partial charge < -0.3 is 14.6 Å². The van der Waals surface area contributed by atoms with Crippen LogP contribution in [-0.4, -0.2) is 42.7 Å². The molecule has 0 aliphatic heterocycles. The summed E-state index contributed by atoms with van der Waals surface area (Å²) in [5.41, 5.74) is 0.893. The Labute approximate surface area is 142 Å². The predicted molar refractivity (Wildman–Crippen MR) is 81.8 cm³/mol. The summed E-state index contributed by atoms with van der Waals surface area (Å²) < 4.78 is 23.7. The third kappa shape index (κ3) is 3.76. The summed E-state index contributed by atoms with van der Waals surface area (Å²) in [6, 6.07) is 2.47. The quantitative estimate of drug-likeness (QED) is 0.352. The Kier molecular flexibility index (Phi) is 5.68. The van der Waals surface area contributed by atoms with Crippen LogP contribution in [0.4, 0.5) is 4.39 Å². The summed E-state index contributed by atoms with van der Waals surface area (Å²) in [7, 11) is 2.05. The van der Waals surface area contributed by atoms with Gasteiger partial charge in [0.25, 0.3) is 0 Å². The molecule has 2 rings (SSSR count). The van der Waals surface area contributed by atoms with Crippen LogP contribution in [0.15, 0.2) is 12.1 Å². The molecule has 1 N–H and O–H groups in total. The lowest BCUT2D eigenvalue weighted by Crippen LogP contribution is -2.36. The first-order valence-electron chi connectivity index (χ1n) is 7.57. The molecule has 1 unspecified atom stereocenters. The number of carbonyl (C=O) groups excluding carboxylic acids is 2. The number of halogens is 1. The number of benzene rings is 1. The molecule has 0 fully saturated rings. The Morgan fingerprint density at radius 3 is 2.48 bits per heavy atom. The minimum Gasteiger partial charge on any atom is -0.468 e. The Morgan fingerprint density at radius 1 is 1.36 bits per heavy atom. The first kappa shape index (κ1) is 18.8. The van der Waals surface area contributed by atoms with Gasteiger partial charge in [0.15, 0.2) is 5.92 Å². The molecule has 136 valence electrons. The summed E-state index contributed by atoms with van der Waals surface area (Å²) >= 11 is 0. The van der Waals surface area contributed by atoms with Crippen molar-refractivity contribution in [3.8, 4) is 0 Å². The van der Waals surface area contributed by atoms with Crippen molar-refractivity contribution < 1.29 is 33.5 Å². The molecule has 0 spiro atoms. The molecule has 0 radical (unpaired) electrons. The van der Waals surface area contributed by atoms with E-state index in [1.54, 1.807) is 0 Å². The fourth-order valence-corrected chi connectivity index (χ4v) is 3.13. The minimum atomic E-state index is -1.67. The summed E-state index contributed by atoms with van der Waals surface area (Å²) in [5.74, 6) is -5.97. The molecule has 0 aromatic heterocycles. The minimum absolute atomic E-state index is 0.148. The van der Waals surface area contributed by atoms with Gasteiger partial charge in [-0.2, -0.15) is 0 Å². The number of esters is 2. The molecular weight excluding hydrogens is 337 g/mol. The number of aliphatic hydroxyl groups is 1. The van der Waals surface area contributed by atoms with Crippen molar-refractivity contribution in [3.63, 3.8) is 0 Å². The third-order valence-corrected chi connectivity index (χ3v) is 4.36. The molecule has 1 aliphatic rings. The first-order valence-corrected chi connectivity index (χ1v) is 7.57. The number of nitrogens with zero attached hydrogens (tertiary/aromatic N) is 1. The van der Waals surface area contributed by atoms with Gasteiger partial charge in [-0.25, -0.2) is 4.39 Å². The highest BCUT2D eigenvalue weighted by Crippen LogP contribution is 2.37. The maximum atomic E-state index is 14.6. The van der Waals surface area contributed by atoms with Crippen molar-refractivity contribution in [2.45, 2.75) is 24.9 Å². The second-order valence-corrected chi connectivity index (χ2v) is 5.77. The second-order valence-electron chi connectivity index (χ2n) is 5.77. The van der Waals surface area contributed by atoms with E-state index in [0.717, 1.165) is 20.3 Å². The molecule has 0 saturated heterocycles. The average Bonchev–Trinajstić information content (AvgIpc) is 2.93. The maximum absolute atomic E-state index is 14.6. The highest BCUT2D eigenvalue weighted by atomic mass is 19.1. The van der Waals surface area contributed by atoms with Gasteiger partial charge in [-0.3, -0.25) is 19.7 Å². The Hall–Kier alpha value is -2.55. The Balaban J connectivity index is 2.55. The second kappa shape index (κ2) is 7.56. The van der Waals surface area contributed by atoms with Gasteiger partial charge in [0, 0.05) is 4.92 Å². The fraction of sp³-hybridized carbons (Fsp3) is 0.500. The van der Waals surface area contributed by atoms with Crippen molar-refractivity contribution in [2.75, 3.05) is 20.8 Å². The molecule has 9 heteroatoms. The van der Waals surface area contributed by atoms with Crippen LogP contribution in [-0.2, 0) is 25.5 Å². The van der Waals surface area contributed by atoms with E-state index in [1.165, 1.54) is 6.07 Å². The molecule has 1 aromatic carbocycles.